The molecule has 5 rings (SSSR count). The summed E-state index contributed by atoms with van der Waals surface area (Å²) >= 11 is 1.72. The maximum Gasteiger partial charge on any atom is 0.325 e. The van der Waals surface area contributed by atoms with Crippen LogP contribution in [0.4, 0.5) is 10.5 Å². The Morgan fingerprint density at radius 3 is 2.48 bits per heavy atom. The summed E-state index contributed by atoms with van der Waals surface area (Å²) in [6.07, 6.45) is 4.25. The highest BCUT2D eigenvalue weighted by Gasteiger charge is 2.53. The number of carbonyl (C=O) groups excluding carboxylic acids is 3. The molecular weight excluding hydrogens is 434 g/mol. The zero-order valence-electron chi connectivity index (χ0n) is 18.8. The molecule has 2 aromatic rings. The van der Waals surface area contributed by atoms with Gasteiger partial charge < -0.3 is 10.2 Å². The minimum atomic E-state index is -0.836. The number of imide groups is 1. The molecule has 2 aliphatic heterocycles. The van der Waals surface area contributed by atoms with E-state index in [4.69, 9.17) is 0 Å². The van der Waals surface area contributed by atoms with E-state index in [-0.39, 0.29) is 24.4 Å². The highest BCUT2D eigenvalue weighted by atomic mass is 32.2. The Hall–Kier alpha value is -2.80. The van der Waals surface area contributed by atoms with E-state index in [1.807, 2.05) is 54.6 Å². The number of hydrogen-bond donors (Lipinski definition) is 1. The van der Waals surface area contributed by atoms with Gasteiger partial charge in [-0.2, -0.15) is 0 Å². The normalized spacial score (nSPS) is 26.9. The molecule has 1 atom stereocenters. The average molecular weight is 464 g/mol. The Morgan fingerprint density at radius 2 is 1.76 bits per heavy atom. The Morgan fingerprint density at radius 1 is 1.06 bits per heavy atom. The molecule has 7 heteroatoms. The SMILES string of the molecule is CCC1CCC2(CC1)NC(=O)N(CC(=O)N1c3ccccc3SCC1c1ccccc1)C2=O. The van der Waals surface area contributed by atoms with Crippen molar-refractivity contribution in [3.8, 4) is 0 Å². The fraction of sp³-hybridized carbons (Fsp3) is 0.423. The molecule has 1 saturated carbocycles. The zero-order valence-corrected chi connectivity index (χ0v) is 19.6. The molecule has 33 heavy (non-hydrogen) atoms. The first-order valence-electron chi connectivity index (χ1n) is 11.8. The molecule has 3 aliphatic rings. The number of nitrogens with one attached hydrogen (secondary N) is 1. The van der Waals surface area contributed by atoms with Gasteiger partial charge in [-0.05, 0) is 49.3 Å². The van der Waals surface area contributed by atoms with E-state index in [9.17, 15) is 14.4 Å². The summed E-state index contributed by atoms with van der Waals surface area (Å²) < 4.78 is 0. The van der Waals surface area contributed by atoms with E-state index < -0.39 is 11.6 Å². The van der Waals surface area contributed by atoms with Crippen molar-refractivity contribution in [1.82, 2.24) is 10.2 Å². The largest absolute Gasteiger partial charge is 0.325 e. The van der Waals surface area contributed by atoms with Gasteiger partial charge in [-0.25, -0.2) is 4.79 Å². The molecular formula is C26H29N3O3S. The predicted octanol–water partition coefficient (Wildman–Crippen LogP) is 4.76. The number of amides is 4. The van der Waals surface area contributed by atoms with Gasteiger partial charge in [-0.1, -0.05) is 55.8 Å². The molecule has 6 nitrogen and oxygen atoms in total. The van der Waals surface area contributed by atoms with Crippen molar-refractivity contribution >= 4 is 35.3 Å². The summed E-state index contributed by atoms with van der Waals surface area (Å²) in [5.74, 6) is 0.839. The Labute approximate surface area is 198 Å². The molecule has 0 aromatic heterocycles. The molecule has 1 aliphatic carbocycles. The predicted molar refractivity (Wildman–Crippen MR) is 129 cm³/mol. The van der Waals surface area contributed by atoms with E-state index in [1.54, 1.807) is 16.7 Å². The van der Waals surface area contributed by atoms with Crippen LogP contribution in [-0.2, 0) is 9.59 Å². The molecule has 2 heterocycles. The average Bonchev–Trinajstić information content (AvgIpc) is 3.08. The third kappa shape index (κ3) is 3.92. The lowest BCUT2D eigenvalue weighted by atomic mass is 9.75. The number of anilines is 1. The van der Waals surface area contributed by atoms with E-state index in [0.29, 0.717) is 18.8 Å². The fourth-order valence-corrected chi connectivity index (χ4v) is 6.53. The van der Waals surface area contributed by atoms with Crippen LogP contribution in [0.2, 0.25) is 0 Å². The van der Waals surface area contributed by atoms with Crippen LogP contribution in [0.3, 0.4) is 0 Å². The maximum atomic E-state index is 13.7. The summed E-state index contributed by atoms with van der Waals surface area (Å²) in [5, 5.41) is 2.95. The van der Waals surface area contributed by atoms with Crippen LogP contribution in [0.1, 0.15) is 50.6 Å². The minimum absolute atomic E-state index is 0.159. The van der Waals surface area contributed by atoms with E-state index in [0.717, 1.165) is 46.1 Å². The molecule has 0 radical (unpaired) electrons. The highest BCUT2D eigenvalue weighted by Crippen LogP contribution is 2.43. The molecule has 2 aromatic carbocycles. The van der Waals surface area contributed by atoms with Crippen LogP contribution in [0.5, 0.6) is 0 Å². The van der Waals surface area contributed by atoms with E-state index >= 15 is 0 Å². The molecule has 1 saturated heterocycles. The first-order chi connectivity index (χ1) is 16.0. The number of nitrogens with zero attached hydrogens (tertiary/aromatic N) is 2. The molecule has 1 unspecified atom stereocenters. The van der Waals surface area contributed by atoms with E-state index in [1.165, 1.54) is 0 Å². The molecule has 0 bridgehead atoms. The highest BCUT2D eigenvalue weighted by molar-refractivity contribution is 7.99. The Balaban J connectivity index is 1.41. The third-order valence-electron chi connectivity index (χ3n) is 7.36. The summed E-state index contributed by atoms with van der Waals surface area (Å²) in [6.45, 7) is 1.92. The first kappa shape index (κ1) is 22.0. The van der Waals surface area contributed by atoms with Crippen LogP contribution in [-0.4, -0.2) is 40.6 Å². The lowest BCUT2D eigenvalue weighted by Crippen LogP contribution is -2.50. The van der Waals surface area contributed by atoms with Crippen molar-refractivity contribution in [2.24, 2.45) is 5.92 Å². The zero-order chi connectivity index (χ0) is 23.0. The molecule has 1 spiro atoms. The number of benzene rings is 2. The molecule has 1 N–H and O–H groups in total. The monoisotopic (exact) mass is 463 g/mol. The van der Waals surface area contributed by atoms with Gasteiger partial charge in [-0.15, -0.1) is 11.8 Å². The quantitative estimate of drug-likeness (QED) is 0.664. The molecule has 172 valence electrons. The van der Waals surface area contributed by atoms with Crippen LogP contribution in [0, 0.1) is 5.92 Å². The number of carbonyl (C=O) groups is 3. The summed E-state index contributed by atoms with van der Waals surface area (Å²) in [6, 6.07) is 17.2. The number of hydrogen-bond acceptors (Lipinski definition) is 4. The van der Waals surface area contributed by atoms with Crippen LogP contribution >= 0.6 is 11.8 Å². The smallest absolute Gasteiger partial charge is 0.323 e. The van der Waals surface area contributed by atoms with Crippen LogP contribution in [0.15, 0.2) is 59.5 Å². The van der Waals surface area contributed by atoms with Gasteiger partial charge in [0.05, 0.1) is 11.7 Å². The van der Waals surface area contributed by atoms with Crippen molar-refractivity contribution in [2.45, 2.75) is 55.5 Å². The van der Waals surface area contributed by atoms with Gasteiger partial charge in [-0.3, -0.25) is 14.5 Å². The first-order valence-corrected chi connectivity index (χ1v) is 12.7. The Bertz CT molecular complexity index is 1070. The van der Waals surface area contributed by atoms with Crippen molar-refractivity contribution in [3.05, 3.63) is 60.2 Å². The summed E-state index contributed by atoms with van der Waals surface area (Å²) in [5.41, 5.74) is 1.04. The van der Waals surface area contributed by atoms with Gasteiger partial charge >= 0.3 is 6.03 Å². The standard InChI is InChI=1S/C26H29N3O3S/c1-2-18-12-14-26(15-13-18)24(31)28(25(32)27-26)16-23(30)29-20-10-6-7-11-22(20)33-17-21(29)19-8-4-3-5-9-19/h3-11,18,21H,2,12-17H2,1H3,(H,27,32). The number of urea groups is 1. The van der Waals surface area contributed by atoms with Gasteiger partial charge in [0.1, 0.15) is 12.1 Å². The van der Waals surface area contributed by atoms with Gasteiger partial charge in [0.25, 0.3) is 5.91 Å². The van der Waals surface area contributed by atoms with E-state index in [2.05, 4.69) is 12.2 Å². The minimum Gasteiger partial charge on any atom is -0.323 e. The lowest BCUT2D eigenvalue weighted by Gasteiger charge is -2.38. The van der Waals surface area contributed by atoms with Crippen LogP contribution < -0.4 is 10.2 Å². The molecule has 4 amide bonds. The second kappa shape index (κ2) is 8.86. The van der Waals surface area contributed by atoms with Crippen molar-refractivity contribution in [2.75, 3.05) is 17.2 Å². The van der Waals surface area contributed by atoms with Crippen molar-refractivity contribution in [1.29, 1.82) is 0 Å². The second-order valence-electron chi connectivity index (χ2n) is 9.22. The topological polar surface area (TPSA) is 69.7 Å². The third-order valence-corrected chi connectivity index (χ3v) is 8.50. The molecule has 2 fully saturated rings. The van der Waals surface area contributed by atoms with Gasteiger partial charge in [0, 0.05) is 10.6 Å². The summed E-state index contributed by atoms with van der Waals surface area (Å²) in [7, 11) is 0. The number of para-hydroxylation sites is 1. The van der Waals surface area contributed by atoms with Crippen molar-refractivity contribution < 1.29 is 14.4 Å². The maximum absolute atomic E-state index is 13.7. The van der Waals surface area contributed by atoms with Crippen molar-refractivity contribution in [3.63, 3.8) is 0 Å². The number of fused-ring (bicyclic) bond motifs is 1. The lowest BCUT2D eigenvalue weighted by molar-refractivity contribution is -0.135. The van der Waals surface area contributed by atoms with Crippen LogP contribution in [0.25, 0.3) is 0 Å². The van der Waals surface area contributed by atoms with Gasteiger partial charge in [0.2, 0.25) is 5.91 Å². The number of thioether (sulfide) groups is 1. The second-order valence-corrected chi connectivity index (χ2v) is 10.3. The number of rotatable bonds is 4. The summed E-state index contributed by atoms with van der Waals surface area (Å²) in [4.78, 5) is 43.9. The Kier molecular flexibility index (Phi) is 5.91. The fourth-order valence-electron chi connectivity index (χ4n) is 5.37. The van der Waals surface area contributed by atoms with Gasteiger partial charge in [0.15, 0.2) is 0 Å².